The van der Waals surface area contributed by atoms with Crippen molar-refractivity contribution in [2.45, 2.75) is 321 Å². The van der Waals surface area contributed by atoms with E-state index in [9.17, 15) is 163 Å². The molecule has 50 atom stereocenters. The molecule has 10 heterocycles. The summed E-state index contributed by atoms with van der Waals surface area (Å²) in [5.74, 6) is -1.78. The maximum absolute atomic E-state index is 13.0. The van der Waals surface area contributed by atoms with E-state index in [0.29, 0.717) is 0 Å². The lowest BCUT2D eigenvalue weighted by Gasteiger charge is -2.51. The molecule has 10 rings (SSSR count). The average molecular weight is 1720 g/mol. The fraction of sp³-hybridized carbons (Fsp3) is 0.969. The first-order valence-electron chi connectivity index (χ1n) is 37.2. The fourth-order valence-electron chi connectivity index (χ4n) is 15.0. The van der Waals surface area contributed by atoms with Gasteiger partial charge < -0.3 is 254 Å². The standard InChI is InChI=1S/C64H108N2O51/c1-13(75)65-25-35(85)48(21(9-73)101-55(25)98)111-56-26(66-14(2)76)36(86)49(22(10-74)108-56)112-61-47(97)51(114-63-54(42(92)32(82)19(7-71)106-63)117-64-53(41(91)31(81)20(8-72)107-64)116-60-45(95)39(89)29(79)17(5-69)104-60)34(84)24(110-61)12-100-58-46(96)50(33(83)23(109-58)11-99-57-43(93)37(87)27(77)15(3-67)102-57)113-62-52(40(90)30(80)18(6-70)105-62)115-59-44(94)38(88)28(78)16(4-68)103-59/h15-64,67-74,77-98H,3-12H2,1-2H3,(H,65,75)(H,66,76)/t15-,16-,17-,18-,19-,20-,21-,22-,23-,24-,25-,26-,27-,28-,29-,30-,31-,32-,33-,34-,35-,36-,37+,38+,39+,40+,41+,42+,43+,44+,45+,46+,47+,48-,49-,50+,51+,52+,53+,54+,55-,56+,57+,58+,59-,60-,61-,62-,63-,64-/m1/s1. The number of aliphatic hydroxyl groups is 30. The highest BCUT2D eigenvalue weighted by atomic mass is 16.8. The van der Waals surface area contributed by atoms with Crippen LogP contribution < -0.4 is 10.6 Å². The number of nitrogens with one attached hydrogen (secondary N) is 2. The summed E-state index contributed by atoms with van der Waals surface area (Å²) in [6, 6.07) is -3.64. The van der Waals surface area contributed by atoms with Gasteiger partial charge in [0, 0.05) is 13.8 Å². The quantitative estimate of drug-likeness (QED) is 0.0318. The molecule has 0 aromatic carbocycles. The van der Waals surface area contributed by atoms with Crippen molar-refractivity contribution in [1.82, 2.24) is 10.6 Å². The Morgan fingerprint density at radius 3 is 0.829 bits per heavy atom. The molecule has 10 aliphatic rings. The number of carbonyl (C=O) groups excluding carboxylic acids is 2. The molecule has 10 fully saturated rings. The first kappa shape index (κ1) is 96.2. The first-order chi connectivity index (χ1) is 55.4. The third-order valence-corrected chi connectivity index (χ3v) is 21.7. The molecular weight excluding hydrogens is 1610 g/mol. The van der Waals surface area contributed by atoms with E-state index >= 15 is 0 Å². The molecule has 117 heavy (non-hydrogen) atoms. The van der Waals surface area contributed by atoms with Gasteiger partial charge in [-0.25, -0.2) is 0 Å². The van der Waals surface area contributed by atoms with Crippen LogP contribution in [0.25, 0.3) is 0 Å². The number of hydrogen-bond acceptors (Lipinski definition) is 51. The predicted octanol–water partition coefficient (Wildman–Crippen LogP) is -22.5. The van der Waals surface area contributed by atoms with E-state index in [0.717, 1.165) is 13.8 Å². The van der Waals surface area contributed by atoms with Crippen LogP contribution in [0.15, 0.2) is 0 Å². The van der Waals surface area contributed by atoms with Crippen LogP contribution >= 0.6 is 0 Å². The van der Waals surface area contributed by atoms with E-state index < -0.39 is 385 Å². The molecule has 0 radical (unpaired) electrons. The summed E-state index contributed by atoms with van der Waals surface area (Å²) in [6.07, 6.45) is -104. The van der Waals surface area contributed by atoms with Crippen molar-refractivity contribution in [3.63, 3.8) is 0 Å². The Labute approximate surface area is 660 Å². The van der Waals surface area contributed by atoms with Crippen LogP contribution in [0.5, 0.6) is 0 Å². The Morgan fingerprint density at radius 1 is 0.222 bits per heavy atom. The minimum atomic E-state index is -2.64. The van der Waals surface area contributed by atoms with Gasteiger partial charge in [0.05, 0.1) is 66.1 Å². The molecule has 0 aromatic rings. The average Bonchev–Trinajstić information content (AvgIpc) is 0.779. The van der Waals surface area contributed by atoms with E-state index in [2.05, 4.69) is 10.6 Å². The third-order valence-electron chi connectivity index (χ3n) is 21.7. The van der Waals surface area contributed by atoms with Gasteiger partial charge in [-0.05, 0) is 0 Å². The number of ether oxygens (including phenoxy) is 19. The van der Waals surface area contributed by atoms with Gasteiger partial charge in [0.25, 0.3) is 0 Å². The number of amides is 2. The van der Waals surface area contributed by atoms with Crippen molar-refractivity contribution in [1.29, 1.82) is 0 Å². The molecule has 0 aromatic heterocycles. The highest BCUT2D eigenvalue weighted by molar-refractivity contribution is 5.73. The molecular formula is C64H108N2O51. The summed E-state index contributed by atoms with van der Waals surface area (Å²) in [5.41, 5.74) is 0. The second-order valence-corrected chi connectivity index (χ2v) is 29.5. The summed E-state index contributed by atoms with van der Waals surface area (Å²) >= 11 is 0. The highest BCUT2D eigenvalue weighted by Crippen LogP contribution is 2.41. The Bertz CT molecular complexity index is 3050. The summed E-state index contributed by atoms with van der Waals surface area (Å²) < 4.78 is 111. The van der Waals surface area contributed by atoms with E-state index in [1.54, 1.807) is 0 Å². The van der Waals surface area contributed by atoms with Gasteiger partial charge >= 0.3 is 0 Å². The van der Waals surface area contributed by atoms with Gasteiger partial charge in [0.1, 0.15) is 244 Å². The Hall–Kier alpha value is -3.02. The molecule has 32 N–H and O–H groups in total. The van der Waals surface area contributed by atoms with Gasteiger partial charge in [0.2, 0.25) is 11.8 Å². The zero-order valence-electron chi connectivity index (χ0n) is 61.9. The molecule has 0 saturated carbocycles. The molecule has 0 aliphatic carbocycles. The van der Waals surface area contributed by atoms with Crippen LogP contribution in [0, 0.1) is 0 Å². The van der Waals surface area contributed by atoms with Gasteiger partial charge in [-0.2, -0.15) is 0 Å². The molecule has 0 spiro atoms. The van der Waals surface area contributed by atoms with Crippen LogP contribution in [-0.2, 0) is 99.6 Å². The maximum Gasteiger partial charge on any atom is 0.217 e. The van der Waals surface area contributed by atoms with Gasteiger partial charge in [-0.15, -0.1) is 0 Å². The number of aliphatic hydroxyl groups excluding tert-OH is 30. The number of hydrogen-bond donors (Lipinski definition) is 32. The van der Waals surface area contributed by atoms with Crippen molar-refractivity contribution < 1.29 is 253 Å². The normalized spacial score (nSPS) is 51.5. The van der Waals surface area contributed by atoms with Crippen LogP contribution in [0.4, 0.5) is 0 Å². The Morgan fingerprint density at radius 2 is 0.462 bits per heavy atom. The van der Waals surface area contributed by atoms with Crippen LogP contribution in [-0.4, -0.2) is 538 Å². The molecule has 680 valence electrons. The zero-order valence-corrected chi connectivity index (χ0v) is 61.9. The SMILES string of the molecule is CC(=O)N[C@@H]1[C@@H](O)[C@H](O[C@@H]2O[C@H](CO)[C@@H](O[C@H]3O[C@H](CO[C@H]4O[C@H](CO[C@H]5O[C@H](CO)[C@@H](O)[C@H](O)[C@@H]5O)[C@@H](O)[C@H](O[C@H]5O[C@H](CO)[C@@H](O)[C@H](O)[C@@H]5O[C@H]5O[C@H](CO)[C@@H](O)[C@H](O)[C@@H]5O)[C@@H]4O)[C@@H](O)[C@H](O[C@H]4O[C@H](CO)[C@@H](O)[C@H](O)[C@@H]4O[C@H]4O[C@H](CO)[C@@H](O)[C@H](O)[C@@H]4O[C@H]4O[C@H](CO)[C@@H](O)[C@H](O)[C@@H]4O)[C@@H]3O)[C@H](O)[C@H]2NC(C)=O)[C@@H](CO)O[C@H]1O. The second kappa shape index (κ2) is 41.9. The van der Waals surface area contributed by atoms with Gasteiger partial charge in [0.15, 0.2) is 62.9 Å². The van der Waals surface area contributed by atoms with Crippen molar-refractivity contribution in [3.8, 4) is 0 Å². The minimum Gasteiger partial charge on any atom is -0.394 e. The molecule has 53 heteroatoms. The molecule has 2 amide bonds. The zero-order chi connectivity index (χ0) is 85.9. The molecule has 0 bridgehead atoms. The smallest absolute Gasteiger partial charge is 0.217 e. The topological polar surface area (TPSA) is 840 Å². The van der Waals surface area contributed by atoms with Crippen molar-refractivity contribution in [2.75, 3.05) is 66.1 Å². The molecule has 10 aliphatic heterocycles. The summed E-state index contributed by atoms with van der Waals surface area (Å²) in [7, 11) is 0. The molecule has 53 nitrogen and oxygen atoms in total. The predicted molar refractivity (Wildman–Crippen MR) is 353 cm³/mol. The molecule has 0 unspecified atom stereocenters. The van der Waals surface area contributed by atoms with Crippen LogP contribution in [0.3, 0.4) is 0 Å². The Balaban J connectivity index is 1.01. The largest absolute Gasteiger partial charge is 0.394 e. The number of rotatable bonds is 30. The van der Waals surface area contributed by atoms with Crippen molar-refractivity contribution in [3.05, 3.63) is 0 Å². The van der Waals surface area contributed by atoms with E-state index in [4.69, 9.17) is 90.0 Å². The van der Waals surface area contributed by atoms with Crippen molar-refractivity contribution >= 4 is 11.8 Å². The fourth-order valence-corrected chi connectivity index (χ4v) is 15.0. The maximum atomic E-state index is 13.0. The summed E-state index contributed by atoms with van der Waals surface area (Å²) in [5, 5.41) is 337. The van der Waals surface area contributed by atoms with E-state index in [1.165, 1.54) is 0 Å². The lowest BCUT2D eigenvalue weighted by atomic mass is 9.94. The number of carbonyl (C=O) groups is 2. The van der Waals surface area contributed by atoms with Crippen LogP contribution in [0.1, 0.15) is 13.8 Å². The third kappa shape index (κ3) is 20.7. The first-order valence-corrected chi connectivity index (χ1v) is 37.2. The summed E-state index contributed by atoms with van der Waals surface area (Å²) in [4.78, 5) is 25.2. The molecule has 10 saturated heterocycles. The van der Waals surface area contributed by atoms with Crippen LogP contribution in [0.2, 0.25) is 0 Å². The highest BCUT2D eigenvalue weighted by Gasteiger charge is 2.62. The lowest BCUT2D eigenvalue weighted by Crippen LogP contribution is -2.70. The van der Waals surface area contributed by atoms with Gasteiger partial charge in [-0.1, -0.05) is 0 Å². The minimum absolute atomic E-state index is 0.806. The lowest BCUT2D eigenvalue weighted by molar-refractivity contribution is -0.408. The summed E-state index contributed by atoms with van der Waals surface area (Å²) in [6.45, 7) is -9.30. The van der Waals surface area contributed by atoms with E-state index in [-0.39, 0.29) is 0 Å². The van der Waals surface area contributed by atoms with Crippen molar-refractivity contribution in [2.24, 2.45) is 0 Å². The monoisotopic (exact) mass is 1720 g/mol. The van der Waals surface area contributed by atoms with E-state index in [1.807, 2.05) is 0 Å². The second-order valence-electron chi connectivity index (χ2n) is 29.5. The van der Waals surface area contributed by atoms with Gasteiger partial charge in [-0.3, -0.25) is 9.59 Å². The Kier molecular flexibility index (Phi) is 34.4.